The number of rotatable bonds is 0. The number of aromatic nitrogens is 1. The van der Waals surface area contributed by atoms with Crippen LogP contribution < -0.4 is 0 Å². The van der Waals surface area contributed by atoms with Gasteiger partial charge in [-0.25, -0.2) is 4.39 Å². The molecule has 1 aromatic heterocycles. The number of pyridine rings is 1. The third kappa shape index (κ3) is 1.35. The molecule has 0 aliphatic rings. The lowest BCUT2D eigenvalue weighted by molar-refractivity contribution is 0.480. The van der Waals surface area contributed by atoms with E-state index in [1.54, 1.807) is 0 Å². The molecule has 0 fully saturated rings. The molecular weight excluding hydrogens is 272 g/mol. The summed E-state index contributed by atoms with van der Waals surface area (Å²) in [6.07, 6.45) is 1.41. The highest BCUT2D eigenvalue weighted by molar-refractivity contribution is 9.10. The number of fused-ring (bicyclic) bond motifs is 1. The SMILES string of the molecule is Oc1ccnc2c(Cl)c(Br)c(F)cc12. The van der Waals surface area contributed by atoms with E-state index in [0.717, 1.165) is 0 Å². The van der Waals surface area contributed by atoms with Crippen molar-refractivity contribution in [3.63, 3.8) is 0 Å². The summed E-state index contributed by atoms with van der Waals surface area (Å²) < 4.78 is 13.4. The Hall–Kier alpha value is -0.870. The van der Waals surface area contributed by atoms with Gasteiger partial charge >= 0.3 is 0 Å². The van der Waals surface area contributed by atoms with Gasteiger partial charge in [-0.15, -0.1) is 0 Å². The lowest BCUT2D eigenvalue weighted by atomic mass is 10.2. The molecule has 0 aliphatic heterocycles. The highest BCUT2D eigenvalue weighted by Crippen LogP contribution is 2.35. The van der Waals surface area contributed by atoms with E-state index in [2.05, 4.69) is 20.9 Å². The Labute approximate surface area is 92.5 Å². The van der Waals surface area contributed by atoms with Crippen molar-refractivity contribution in [2.24, 2.45) is 0 Å². The molecule has 1 aromatic carbocycles. The molecule has 0 radical (unpaired) electrons. The third-order valence-electron chi connectivity index (χ3n) is 1.85. The van der Waals surface area contributed by atoms with Gasteiger partial charge < -0.3 is 5.11 Å². The number of halogens is 3. The van der Waals surface area contributed by atoms with Crippen molar-refractivity contribution in [1.29, 1.82) is 0 Å². The molecule has 0 saturated carbocycles. The van der Waals surface area contributed by atoms with Crippen LogP contribution in [0.25, 0.3) is 10.9 Å². The molecule has 0 amide bonds. The summed E-state index contributed by atoms with van der Waals surface area (Å²) in [5, 5.41) is 9.90. The Balaban J connectivity index is 2.98. The van der Waals surface area contributed by atoms with Crippen molar-refractivity contribution in [2.45, 2.75) is 0 Å². The van der Waals surface area contributed by atoms with Crippen LogP contribution in [0.3, 0.4) is 0 Å². The molecule has 2 aromatic rings. The summed E-state index contributed by atoms with van der Waals surface area (Å²) in [5.41, 5.74) is 0.375. The van der Waals surface area contributed by atoms with E-state index >= 15 is 0 Å². The Morgan fingerprint density at radius 2 is 2.21 bits per heavy atom. The number of aromatic hydroxyl groups is 1. The van der Waals surface area contributed by atoms with Crippen LogP contribution >= 0.6 is 27.5 Å². The Kier molecular flexibility index (Phi) is 2.33. The lowest BCUT2D eigenvalue weighted by Gasteiger charge is -2.04. The largest absolute Gasteiger partial charge is 0.507 e. The van der Waals surface area contributed by atoms with Gasteiger partial charge in [0.25, 0.3) is 0 Å². The minimum Gasteiger partial charge on any atom is -0.507 e. The number of hydrogen-bond donors (Lipinski definition) is 1. The first kappa shape index (κ1) is 9.68. The molecule has 0 bridgehead atoms. The zero-order chi connectivity index (χ0) is 10.3. The molecule has 0 unspecified atom stereocenters. The number of benzene rings is 1. The van der Waals surface area contributed by atoms with Gasteiger partial charge in [-0.1, -0.05) is 11.6 Å². The normalized spacial score (nSPS) is 10.8. The molecule has 1 heterocycles. The van der Waals surface area contributed by atoms with Crippen LogP contribution in [0.4, 0.5) is 4.39 Å². The fraction of sp³-hybridized carbons (Fsp3) is 0. The second kappa shape index (κ2) is 3.37. The molecule has 0 spiro atoms. The zero-order valence-electron chi connectivity index (χ0n) is 6.76. The van der Waals surface area contributed by atoms with Crippen molar-refractivity contribution in [3.05, 3.63) is 33.6 Å². The van der Waals surface area contributed by atoms with Crippen LogP contribution in [0.15, 0.2) is 22.8 Å². The van der Waals surface area contributed by atoms with Gasteiger partial charge in [0.05, 0.1) is 15.0 Å². The first-order valence-corrected chi connectivity index (χ1v) is 4.89. The van der Waals surface area contributed by atoms with Gasteiger partial charge in [0, 0.05) is 11.6 Å². The summed E-state index contributed by atoms with van der Waals surface area (Å²) in [4.78, 5) is 3.95. The summed E-state index contributed by atoms with van der Waals surface area (Å²) in [5.74, 6) is -0.561. The fourth-order valence-corrected chi connectivity index (χ4v) is 1.72. The first-order valence-electron chi connectivity index (χ1n) is 3.72. The van der Waals surface area contributed by atoms with Crippen molar-refractivity contribution >= 4 is 38.4 Å². The average molecular weight is 276 g/mol. The molecule has 0 saturated heterocycles. The standard InChI is InChI=1S/C9H4BrClFNO/c10-7-5(12)3-4-6(14)1-2-13-9(4)8(7)11/h1-3H,(H,13,14). The molecule has 1 N–H and O–H groups in total. The molecule has 2 nitrogen and oxygen atoms in total. The predicted molar refractivity (Wildman–Crippen MR) is 56.1 cm³/mol. The maximum atomic E-state index is 13.2. The van der Waals surface area contributed by atoms with Crippen LogP contribution in [-0.4, -0.2) is 10.1 Å². The van der Waals surface area contributed by atoms with E-state index < -0.39 is 5.82 Å². The molecule has 14 heavy (non-hydrogen) atoms. The molecule has 0 aliphatic carbocycles. The van der Waals surface area contributed by atoms with Gasteiger partial charge in [0.15, 0.2) is 0 Å². The Morgan fingerprint density at radius 1 is 1.50 bits per heavy atom. The predicted octanol–water partition coefficient (Wildman–Crippen LogP) is 3.50. The number of hydrogen-bond acceptors (Lipinski definition) is 2. The van der Waals surface area contributed by atoms with Gasteiger partial charge in [0.2, 0.25) is 0 Å². The van der Waals surface area contributed by atoms with Crippen molar-refractivity contribution in [3.8, 4) is 5.75 Å². The third-order valence-corrected chi connectivity index (χ3v) is 3.22. The van der Waals surface area contributed by atoms with Crippen LogP contribution in [0, 0.1) is 5.82 Å². The second-order valence-electron chi connectivity index (χ2n) is 2.71. The van der Waals surface area contributed by atoms with Gasteiger partial charge in [-0.3, -0.25) is 4.98 Å². The topological polar surface area (TPSA) is 33.1 Å². The molecule has 5 heteroatoms. The molecular formula is C9H4BrClFNO. The Morgan fingerprint density at radius 3 is 2.93 bits per heavy atom. The summed E-state index contributed by atoms with van der Waals surface area (Å²) in [6, 6.07) is 2.57. The maximum Gasteiger partial charge on any atom is 0.139 e. The van der Waals surface area contributed by atoms with Crippen molar-refractivity contribution in [1.82, 2.24) is 4.98 Å². The Bertz CT molecular complexity index is 518. The minimum absolute atomic E-state index is 0.0386. The van der Waals surface area contributed by atoms with E-state index in [0.29, 0.717) is 10.9 Å². The quantitative estimate of drug-likeness (QED) is 0.747. The minimum atomic E-state index is -0.522. The maximum absolute atomic E-state index is 13.2. The van der Waals surface area contributed by atoms with Gasteiger partial charge in [0.1, 0.15) is 11.6 Å². The summed E-state index contributed by atoms with van der Waals surface area (Å²) >= 11 is 8.84. The van der Waals surface area contributed by atoms with E-state index in [1.807, 2.05) is 0 Å². The second-order valence-corrected chi connectivity index (χ2v) is 3.88. The van der Waals surface area contributed by atoms with E-state index in [4.69, 9.17) is 11.6 Å². The van der Waals surface area contributed by atoms with Crippen LogP contribution in [-0.2, 0) is 0 Å². The van der Waals surface area contributed by atoms with Gasteiger partial charge in [-0.2, -0.15) is 0 Å². The molecule has 72 valence electrons. The first-order chi connectivity index (χ1) is 6.61. The van der Waals surface area contributed by atoms with E-state index in [9.17, 15) is 9.50 Å². The van der Waals surface area contributed by atoms with Crippen LogP contribution in [0.1, 0.15) is 0 Å². The highest BCUT2D eigenvalue weighted by Gasteiger charge is 2.12. The van der Waals surface area contributed by atoms with Crippen LogP contribution in [0.5, 0.6) is 5.75 Å². The smallest absolute Gasteiger partial charge is 0.139 e. The fourth-order valence-electron chi connectivity index (χ4n) is 1.18. The number of nitrogens with zero attached hydrogens (tertiary/aromatic N) is 1. The molecule has 0 atom stereocenters. The van der Waals surface area contributed by atoms with E-state index in [1.165, 1.54) is 18.3 Å². The zero-order valence-corrected chi connectivity index (χ0v) is 9.10. The lowest BCUT2D eigenvalue weighted by Crippen LogP contribution is -1.85. The van der Waals surface area contributed by atoms with Crippen LogP contribution in [0.2, 0.25) is 5.02 Å². The monoisotopic (exact) mass is 275 g/mol. The summed E-state index contributed by atoms with van der Waals surface area (Å²) in [6.45, 7) is 0. The highest BCUT2D eigenvalue weighted by atomic mass is 79.9. The molecule has 2 rings (SSSR count). The average Bonchev–Trinajstić information content (AvgIpc) is 2.17. The van der Waals surface area contributed by atoms with E-state index in [-0.39, 0.29) is 15.2 Å². The van der Waals surface area contributed by atoms with Gasteiger partial charge in [-0.05, 0) is 28.1 Å². The van der Waals surface area contributed by atoms with Crippen molar-refractivity contribution in [2.75, 3.05) is 0 Å². The summed E-state index contributed by atoms with van der Waals surface area (Å²) in [7, 11) is 0. The van der Waals surface area contributed by atoms with Crippen molar-refractivity contribution < 1.29 is 9.50 Å².